The SMILES string of the molecule is CNC(c1ccc(C(C)C)cc1)C(C)CCOC. The first-order chi connectivity index (χ1) is 8.60. The van der Waals surface area contributed by atoms with Crippen molar-refractivity contribution in [1.82, 2.24) is 5.32 Å². The topological polar surface area (TPSA) is 21.3 Å². The second-order valence-corrected chi connectivity index (χ2v) is 5.35. The van der Waals surface area contributed by atoms with Crippen molar-refractivity contribution in [3.63, 3.8) is 0 Å². The third-order valence-electron chi connectivity index (χ3n) is 3.62. The van der Waals surface area contributed by atoms with E-state index in [-0.39, 0.29) is 0 Å². The summed E-state index contributed by atoms with van der Waals surface area (Å²) < 4.78 is 5.17. The fourth-order valence-electron chi connectivity index (χ4n) is 2.34. The van der Waals surface area contributed by atoms with Crippen LogP contribution in [-0.4, -0.2) is 20.8 Å². The van der Waals surface area contributed by atoms with E-state index in [1.165, 1.54) is 11.1 Å². The highest BCUT2D eigenvalue weighted by atomic mass is 16.5. The molecule has 2 unspecified atom stereocenters. The Balaban J connectivity index is 2.75. The highest BCUT2D eigenvalue weighted by molar-refractivity contribution is 5.27. The van der Waals surface area contributed by atoms with Gasteiger partial charge in [0.05, 0.1) is 0 Å². The Morgan fingerprint density at radius 2 is 1.61 bits per heavy atom. The first-order valence-electron chi connectivity index (χ1n) is 6.86. The van der Waals surface area contributed by atoms with Gasteiger partial charge in [-0.3, -0.25) is 0 Å². The van der Waals surface area contributed by atoms with E-state index in [9.17, 15) is 0 Å². The van der Waals surface area contributed by atoms with Crippen molar-refractivity contribution in [2.75, 3.05) is 20.8 Å². The van der Waals surface area contributed by atoms with Crippen molar-refractivity contribution in [2.45, 2.75) is 39.2 Å². The van der Waals surface area contributed by atoms with Crippen LogP contribution in [0.4, 0.5) is 0 Å². The monoisotopic (exact) mass is 249 g/mol. The minimum Gasteiger partial charge on any atom is -0.385 e. The molecule has 18 heavy (non-hydrogen) atoms. The van der Waals surface area contributed by atoms with Crippen molar-refractivity contribution >= 4 is 0 Å². The second kappa shape index (κ2) is 7.55. The highest BCUT2D eigenvalue weighted by Crippen LogP contribution is 2.25. The van der Waals surface area contributed by atoms with Crippen LogP contribution in [0.1, 0.15) is 50.3 Å². The Morgan fingerprint density at radius 3 is 2.06 bits per heavy atom. The Bertz CT molecular complexity index is 331. The van der Waals surface area contributed by atoms with E-state index >= 15 is 0 Å². The molecule has 2 atom stereocenters. The standard InChI is InChI=1S/C16H27NO/c1-12(2)14-6-8-15(9-7-14)16(17-4)13(3)10-11-18-5/h6-9,12-13,16-17H,10-11H2,1-5H3. The molecule has 102 valence electrons. The molecule has 0 spiro atoms. The van der Waals surface area contributed by atoms with Crippen molar-refractivity contribution in [3.8, 4) is 0 Å². The van der Waals surface area contributed by atoms with Gasteiger partial charge in [-0.05, 0) is 36.4 Å². The molecule has 0 radical (unpaired) electrons. The number of rotatable bonds is 7. The van der Waals surface area contributed by atoms with Gasteiger partial charge in [-0.25, -0.2) is 0 Å². The predicted molar refractivity (Wildman–Crippen MR) is 78.0 cm³/mol. The van der Waals surface area contributed by atoms with Crippen LogP contribution in [0.3, 0.4) is 0 Å². The number of nitrogens with one attached hydrogen (secondary N) is 1. The van der Waals surface area contributed by atoms with E-state index in [2.05, 4.69) is 50.4 Å². The summed E-state index contributed by atoms with van der Waals surface area (Å²) in [6, 6.07) is 9.39. The van der Waals surface area contributed by atoms with Gasteiger partial charge in [0, 0.05) is 19.8 Å². The number of methoxy groups -OCH3 is 1. The summed E-state index contributed by atoms with van der Waals surface area (Å²) in [7, 11) is 3.79. The molecule has 1 aromatic carbocycles. The van der Waals surface area contributed by atoms with E-state index in [0.29, 0.717) is 17.9 Å². The van der Waals surface area contributed by atoms with Crippen LogP contribution >= 0.6 is 0 Å². The van der Waals surface area contributed by atoms with E-state index in [1.54, 1.807) is 7.11 Å². The quantitative estimate of drug-likeness (QED) is 0.794. The van der Waals surface area contributed by atoms with Gasteiger partial charge in [-0.1, -0.05) is 45.0 Å². The third kappa shape index (κ3) is 4.11. The van der Waals surface area contributed by atoms with E-state index in [0.717, 1.165) is 13.0 Å². The van der Waals surface area contributed by atoms with Crippen molar-refractivity contribution < 1.29 is 4.74 Å². The lowest BCUT2D eigenvalue weighted by atomic mass is 9.90. The van der Waals surface area contributed by atoms with Crippen molar-refractivity contribution in [1.29, 1.82) is 0 Å². The number of hydrogen-bond acceptors (Lipinski definition) is 2. The molecule has 2 nitrogen and oxygen atoms in total. The molecule has 2 heteroatoms. The van der Waals surface area contributed by atoms with Crippen LogP contribution in [0.15, 0.2) is 24.3 Å². The van der Waals surface area contributed by atoms with Crippen LogP contribution in [0, 0.1) is 5.92 Å². The minimum atomic E-state index is 0.404. The average molecular weight is 249 g/mol. The van der Waals surface area contributed by atoms with Gasteiger partial charge in [-0.2, -0.15) is 0 Å². The molecule has 0 saturated heterocycles. The molecular formula is C16H27NO. The van der Waals surface area contributed by atoms with Gasteiger partial charge < -0.3 is 10.1 Å². The van der Waals surface area contributed by atoms with E-state index < -0.39 is 0 Å². The molecule has 0 heterocycles. The molecule has 0 fully saturated rings. The Labute approximate surface area is 112 Å². The van der Waals surface area contributed by atoms with Crippen LogP contribution in [-0.2, 0) is 4.74 Å². The van der Waals surface area contributed by atoms with Gasteiger partial charge in [0.2, 0.25) is 0 Å². The lowest BCUT2D eigenvalue weighted by Gasteiger charge is -2.24. The molecule has 0 aliphatic rings. The lowest BCUT2D eigenvalue weighted by Crippen LogP contribution is -2.24. The maximum absolute atomic E-state index is 5.17. The first kappa shape index (κ1) is 15.2. The van der Waals surface area contributed by atoms with Gasteiger partial charge in [0.1, 0.15) is 0 Å². The van der Waals surface area contributed by atoms with Gasteiger partial charge in [-0.15, -0.1) is 0 Å². The molecule has 1 rings (SSSR count). The Kier molecular flexibility index (Phi) is 6.37. The molecule has 1 aromatic rings. The molecule has 0 aliphatic heterocycles. The van der Waals surface area contributed by atoms with Crippen LogP contribution < -0.4 is 5.32 Å². The molecule has 0 bridgehead atoms. The second-order valence-electron chi connectivity index (χ2n) is 5.35. The van der Waals surface area contributed by atoms with Crippen LogP contribution in [0.2, 0.25) is 0 Å². The fourth-order valence-corrected chi connectivity index (χ4v) is 2.34. The largest absolute Gasteiger partial charge is 0.385 e. The van der Waals surface area contributed by atoms with Crippen LogP contribution in [0.25, 0.3) is 0 Å². The summed E-state index contributed by atoms with van der Waals surface area (Å²) in [4.78, 5) is 0. The predicted octanol–water partition coefficient (Wildman–Crippen LogP) is 3.74. The molecule has 0 saturated carbocycles. The van der Waals surface area contributed by atoms with Gasteiger partial charge in [0.15, 0.2) is 0 Å². The molecular weight excluding hydrogens is 222 g/mol. The Morgan fingerprint density at radius 1 is 1.06 bits per heavy atom. The number of ether oxygens (including phenoxy) is 1. The third-order valence-corrected chi connectivity index (χ3v) is 3.62. The lowest BCUT2D eigenvalue weighted by molar-refractivity contribution is 0.171. The van der Waals surface area contributed by atoms with Gasteiger partial charge in [0.25, 0.3) is 0 Å². The minimum absolute atomic E-state index is 0.404. The van der Waals surface area contributed by atoms with E-state index in [4.69, 9.17) is 4.74 Å². The highest BCUT2D eigenvalue weighted by Gasteiger charge is 2.17. The molecule has 0 aliphatic carbocycles. The average Bonchev–Trinajstić information content (AvgIpc) is 2.37. The maximum atomic E-state index is 5.17. The summed E-state index contributed by atoms with van der Waals surface area (Å²) >= 11 is 0. The van der Waals surface area contributed by atoms with Crippen LogP contribution in [0.5, 0.6) is 0 Å². The maximum Gasteiger partial charge on any atom is 0.0465 e. The summed E-state index contributed by atoms with van der Waals surface area (Å²) in [6.07, 6.45) is 1.08. The fraction of sp³-hybridized carbons (Fsp3) is 0.625. The molecule has 0 aromatic heterocycles. The zero-order valence-corrected chi connectivity index (χ0v) is 12.4. The van der Waals surface area contributed by atoms with Crippen molar-refractivity contribution in [3.05, 3.63) is 35.4 Å². The molecule has 0 amide bonds. The Hall–Kier alpha value is -0.860. The first-order valence-corrected chi connectivity index (χ1v) is 6.86. The van der Waals surface area contributed by atoms with Crippen molar-refractivity contribution in [2.24, 2.45) is 5.92 Å². The summed E-state index contributed by atoms with van der Waals surface area (Å²) in [5, 5.41) is 3.42. The zero-order chi connectivity index (χ0) is 13.5. The van der Waals surface area contributed by atoms with Gasteiger partial charge >= 0.3 is 0 Å². The smallest absolute Gasteiger partial charge is 0.0465 e. The zero-order valence-electron chi connectivity index (χ0n) is 12.4. The summed E-state index contributed by atoms with van der Waals surface area (Å²) in [5.74, 6) is 1.16. The number of benzene rings is 1. The number of hydrogen-bond donors (Lipinski definition) is 1. The summed E-state index contributed by atoms with van der Waals surface area (Å²) in [6.45, 7) is 7.55. The normalized spacial score (nSPS) is 14.8. The van der Waals surface area contributed by atoms with E-state index in [1.807, 2.05) is 7.05 Å². The summed E-state index contributed by atoms with van der Waals surface area (Å²) in [5.41, 5.74) is 2.77. The molecule has 1 N–H and O–H groups in total.